The molecule has 2 aromatic heterocycles. The van der Waals surface area contributed by atoms with Gasteiger partial charge >= 0.3 is 0 Å². The lowest BCUT2D eigenvalue weighted by molar-refractivity contribution is -0.113. The van der Waals surface area contributed by atoms with E-state index in [0.717, 1.165) is 6.07 Å². The molecular weight excluding hydrogens is 438 g/mol. The number of amides is 1. The molecule has 3 N–H and O–H groups in total. The first-order chi connectivity index (χ1) is 15.2. The molecule has 10 heteroatoms. The van der Waals surface area contributed by atoms with E-state index in [9.17, 15) is 22.0 Å². The number of nitrogens with one attached hydrogen (secondary N) is 1. The third-order valence-electron chi connectivity index (χ3n) is 4.76. The predicted octanol–water partition coefficient (Wildman–Crippen LogP) is 3.36. The van der Waals surface area contributed by atoms with Crippen LogP contribution in [0.2, 0.25) is 0 Å². The Labute approximate surface area is 182 Å². The summed E-state index contributed by atoms with van der Waals surface area (Å²) in [4.78, 5) is 15.8. The van der Waals surface area contributed by atoms with Crippen LogP contribution in [0.25, 0.3) is 10.9 Å². The molecule has 0 unspecified atom stereocenters. The Balaban J connectivity index is 1.73. The summed E-state index contributed by atoms with van der Waals surface area (Å²) in [5.41, 5.74) is 7.05. The van der Waals surface area contributed by atoms with Gasteiger partial charge in [0, 0.05) is 30.7 Å². The van der Waals surface area contributed by atoms with E-state index in [1.54, 1.807) is 36.4 Å². The van der Waals surface area contributed by atoms with Crippen molar-refractivity contribution < 1.29 is 22.0 Å². The van der Waals surface area contributed by atoms with Crippen LogP contribution in [-0.2, 0) is 21.2 Å². The molecule has 0 bridgehead atoms. The molecule has 1 amide bonds. The first-order valence-electron chi connectivity index (χ1n) is 9.49. The largest absolute Gasteiger partial charge is 0.399 e. The fourth-order valence-electron chi connectivity index (χ4n) is 3.43. The Morgan fingerprint density at radius 2 is 1.91 bits per heavy atom. The molecule has 0 saturated heterocycles. The molecule has 0 atom stereocenters. The van der Waals surface area contributed by atoms with E-state index in [1.165, 1.54) is 23.0 Å². The molecule has 0 spiro atoms. The number of nitrogens with zero attached hydrogens (tertiary/aromatic N) is 2. The molecule has 2 aromatic carbocycles. The van der Waals surface area contributed by atoms with Crippen molar-refractivity contribution in [3.05, 3.63) is 84.2 Å². The fourth-order valence-corrected chi connectivity index (χ4v) is 4.80. The smallest absolute Gasteiger partial charge is 0.241 e. The van der Waals surface area contributed by atoms with E-state index in [-0.39, 0.29) is 23.3 Å². The molecule has 0 fully saturated rings. The molecule has 164 valence electrons. The van der Waals surface area contributed by atoms with Crippen molar-refractivity contribution in [2.45, 2.75) is 11.4 Å². The first kappa shape index (κ1) is 21.4. The Kier molecular flexibility index (Phi) is 5.62. The van der Waals surface area contributed by atoms with Crippen LogP contribution in [0.5, 0.6) is 0 Å². The van der Waals surface area contributed by atoms with Gasteiger partial charge in [-0.1, -0.05) is 18.2 Å². The van der Waals surface area contributed by atoms with Crippen LogP contribution in [0.15, 0.2) is 71.9 Å². The lowest BCUT2D eigenvalue weighted by Crippen LogP contribution is -2.23. The van der Waals surface area contributed by atoms with Crippen molar-refractivity contribution in [2.24, 2.45) is 0 Å². The maximum absolute atomic E-state index is 14.7. The summed E-state index contributed by atoms with van der Waals surface area (Å²) >= 11 is 0. The van der Waals surface area contributed by atoms with Crippen molar-refractivity contribution >= 4 is 38.2 Å². The number of halogens is 2. The number of pyridine rings is 1. The van der Waals surface area contributed by atoms with Gasteiger partial charge in [-0.05, 0) is 35.9 Å². The van der Waals surface area contributed by atoms with Crippen molar-refractivity contribution in [1.29, 1.82) is 0 Å². The van der Waals surface area contributed by atoms with Crippen LogP contribution < -0.4 is 11.1 Å². The molecule has 0 saturated carbocycles. The monoisotopic (exact) mass is 456 g/mol. The van der Waals surface area contributed by atoms with E-state index in [0.29, 0.717) is 17.3 Å². The second kappa shape index (κ2) is 8.39. The highest BCUT2D eigenvalue weighted by Crippen LogP contribution is 2.30. The van der Waals surface area contributed by atoms with Gasteiger partial charge in [-0.15, -0.1) is 0 Å². The molecular formula is C22H18F2N4O3S. The van der Waals surface area contributed by atoms with Gasteiger partial charge in [0.1, 0.15) is 23.2 Å². The topological polar surface area (TPSA) is 107 Å². The summed E-state index contributed by atoms with van der Waals surface area (Å²) < 4.78 is 56.1. The molecule has 4 aromatic rings. The SMILES string of the molecule is Nc1cccc(Cn2cc(S(=O)(=O)CC(=O)Nc3ccccn3)c3c(F)cc(F)cc32)c1. The maximum atomic E-state index is 14.7. The summed E-state index contributed by atoms with van der Waals surface area (Å²) in [6.45, 7) is 0.125. The van der Waals surface area contributed by atoms with Crippen molar-refractivity contribution in [3.8, 4) is 0 Å². The van der Waals surface area contributed by atoms with E-state index >= 15 is 0 Å². The minimum absolute atomic E-state index is 0.0497. The van der Waals surface area contributed by atoms with E-state index in [4.69, 9.17) is 5.73 Å². The van der Waals surface area contributed by atoms with Gasteiger partial charge in [0.2, 0.25) is 5.91 Å². The van der Waals surface area contributed by atoms with E-state index in [2.05, 4.69) is 10.3 Å². The zero-order valence-electron chi connectivity index (χ0n) is 16.6. The molecule has 0 radical (unpaired) electrons. The number of benzene rings is 2. The number of fused-ring (bicyclic) bond motifs is 1. The van der Waals surface area contributed by atoms with Crippen LogP contribution in [0.4, 0.5) is 20.3 Å². The number of carbonyl (C=O) groups is 1. The number of aromatic nitrogens is 2. The molecule has 0 aliphatic rings. The van der Waals surface area contributed by atoms with Crippen molar-refractivity contribution in [1.82, 2.24) is 9.55 Å². The standard InChI is InChI=1S/C22H18F2N4O3S/c23-15-9-17(24)22-18(10-15)28(11-14-4-3-5-16(25)8-14)12-19(22)32(30,31)13-21(29)27-20-6-1-2-7-26-20/h1-10,12H,11,13,25H2,(H,26,27,29). The van der Waals surface area contributed by atoms with Gasteiger partial charge in [-0.3, -0.25) is 4.79 Å². The highest BCUT2D eigenvalue weighted by atomic mass is 32.2. The number of rotatable bonds is 6. The number of sulfone groups is 1. The van der Waals surface area contributed by atoms with Gasteiger partial charge in [0.25, 0.3) is 0 Å². The highest BCUT2D eigenvalue weighted by molar-refractivity contribution is 7.92. The first-order valence-corrected chi connectivity index (χ1v) is 11.1. The summed E-state index contributed by atoms with van der Waals surface area (Å²) in [7, 11) is -4.27. The van der Waals surface area contributed by atoms with Gasteiger partial charge in [0.15, 0.2) is 9.84 Å². The maximum Gasteiger partial charge on any atom is 0.241 e. The predicted molar refractivity (Wildman–Crippen MR) is 117 cm³/mol. The Morgan fingerprint density at radius 3 is 2.62 bits per heavy atom. The normalized spacial score (nSPS) is 11.6. The average molecular weight is 456 g/mol. The quantitative estimate of drug-likeness (QED) is 0.433. The molecule has 0 aliphatic heterocycles. The number of nitrogen functional groups attached to an aromatic ring is 1. The second-order valence-corrected chi connectivity index (χ2v) is 9.13. The molecule has 7 nitrogen and oxygen atoms in total. The van der Waals surface area contributed by atoms with Gasteiger partial charge in [-0.2, -0.15) is 0 Å². The lowest BCUT2D eigenvalue weighted by Gasteiger charge is -2.06. The Morgan fingerprint density at radius 1 is 1.09 bits per heavy atom. The van der Waals surface area contributed by atoms with Crippen molar-refractivity contribution in [2.75, 3.05) is 16.8 Å². The number of carbonyl (C=O) groups excluding carboxylic acids is 1. The zero-order chi connectivity index (χ0) is 22.9. The number of hydrogen-bond donors (Lipinski definition) is 2. The minimum atomic E-state index is -4.27. The number of hydrogen-bond acceptors (Lipinski definition) is 5. The number of anilines is 2. The number of nitrogens with two attached hydrogens (primary N) is 1. The lowest BCUT2D eigenvalue weighted by atomic mass is 10.2. The summed E-state index contributed by atoms with van der Waals surface area (Å²) in [6, 6.07) is 13.3. The highest BCUT2D eigenvalue weighted by Gasteiger charge is 2.27. The molecule has 0 aliphatic carbocycles. The summed E-state index contributed by atoms with van der Waals surface area (Å²) in [6.07, 6.45) is 2.65. The summed E-state index contributed by atoms with van der Waals surface area (Å²) in [5.74, 6) is -3.46. The van der Waals surface area contributed by atoms with Crippen LogP contribution in [0.1, 0.15) is 5.56 Å². The van der Waals surface area contributed by atoms with Crippen molar-refractivity contribution in [3.63, 3.8) is 0 Å². The zero-order valence-corrected chi connectivity index (χ0v) is 17.4. The Hall–Kier alpha value is -3.79. The van der Waals surface area contributed by atoms with Gasteiger partial charge < -0.3 is 15.6 Å². The third kappa shape index (κ3) is 4.45. The van der Waals surface area contributed by atoms with E-state index < -0.39 is 38.0 Å². The van der Waals surface area contributed by atoms with E-state index in [1.807, 2.05) is 0 Å². The molecule has 32 heavy (non-hydrogen) atoms. The fraction of sp³-hybridized carbons (Fsp3) is 0.0909. The van der Waals surface area contributed by atoms with Gasteiger partial charge in [-0.25, -0.2) is 22.2 Å². The second-order valence-electron chi connectivity index (χ2n) is 7.17. The molecule has 2 heterocycles. The minimum Gasteiger partial charge on any atom is -0.399 e. The Bertz CT molecular complexity index is 1420. The average Bonchev–Trinajstić information content (AvgIpc) is 3.08. The van der Waals surface area contributed by atoms with Crippen LogP contribution in [0.3, 0.4) is 0 Å². The summed E-state index contributed by atoms with van der Waals surface area (Å²) in [5, 5.41) is 2.11. The van der Waals surface area contributed by atoms with Crippen LogP contribution in [0, 0.1) is 11.6 Å². The van der Waals surface area contributed by atoms with Crippen LogP contribution in [-0.4, -0.2) is 29.6 Å². The van der Waals surface area contributed by atoms with Crippen LogP contribution >= 0.6 is 0 Å². The molecule has 4 rings (SSSR count). The third-order valence-corrected chi connectivity index (χ3v) is 6.38. The van der Waals surface area contributed by atoms with Gasteiger partial charge in [0.05, 0.1) is 15.8 Å².